The van der Waals surface area contributed by atoms with Gasteiger partial charge in [0.25, 0.3) is 0 Å². The number of ketones is 2. The Morgan fingerprint density at radius 1 is 0.531 bits per heavy atom. The van der Waals surface area contributed by atoms with E-state index in [4.69, 9.17) is 0 Å². The molecule has 5 aromatic rings. The number of carbonyl (C=O) groups is 2. The van der Waals surface area contributed by atoms with Gasteiger partial charge in [-0.15, -0.1) is 0 Å². The third-order valence-corrected chi connectivity index (χ3v) is 6.41. The van der Waals surface area contributed by atoms with Crippen LogP contribution in [-0.4, -0.2) is 21.5 Å². The minimum Gasteiger partial charge on any atom is -0.358 e. The zero-order chi connectivity index (χ0) is 22.0. The van der Waals surface area contributed by atoms with Crippen LogP contribution in [-0.2, 0) is 0 Å². The number of para-hydroxylation sites is 2. The summed E-state index contributed by atoms with van der Waals surface area (Å²) in [4.78, 5) is 34.7. The molecule has 0 saturated heterocycles. The Morgan fingerprint density at radius 2 is 0.906 bits per heavy atom. The van der Waals surface area contributed by atoms with Crippen LogP contribution in [0.4, 0.5) is 0 Å². The number of aromatic amines is 2. The van der Waals surface area contributed by atoms with Crippen molar-refractivity contribution in [1.82, 2.24) is 9.97 Å². The number of Topliss-reactive ketones (excluding diaryl/α,β-unsaturated/α-hetero) is 2. The van der Waals surface area contributed by atoms with Crippen molar-refractivity contribution in [2.75, 3.05) is 0 Å². The van der Waals surface area contributed by atoms with Crippen LogP contribution in [0, 0.1) is 13.8 Å². The summed E-state index contributed by atoms with van der Waals surface area (Å²) in [6, 6.07) is 22.9. The molecule has 0 saturated carbocycles. The number of H-pyrrole nitrogens is 2. The Kier molecular flexibility index (Phi) is 3.87. The van der Waals surface area contributed by atoms with Crippen molar-refractivity contribution in [2.24, 2.45) is 0 Å². The molecule has 4 heteroatoms. The number of hydrogen-bond acceptors (Lipinski definition) is 2. The highest BCUT2D eigenvalue weighted by atomic mass is 16.1. The predicted octanol–water partition coefficient (Wildman–Crippen LogP) is 6.26. The lowest BCUT2D eigenvalue weighted by molar-refractivity contribution is 0.101. The number of aryl methyl sites for hydroxylation is 2. The number of benzene rings is 3. The van der Waals surface area contributed by atoms with E-state index in [1.165, 1.54) is 0 Å². The minimum atomic E-state index is -0.118. The van der Waals surface area contributed by atoms with Crippen LogP contribution in [0.3, 0.4) is 0 Å². The van der Waals surface area contributed by atoms with Gasteiger partial charge >= 0.3 is 0 Å². The maximum atomic E-state index is 14.0. The fraction of sp³-hybridized carbons (Fsp3) is 0.0714. The lowest BCUT2D eigenvalue weighted by Crippen LogP contribution is -2.21. The normalized spacial score (nSPS) is 13.9. The van der Waals surface area contributed by atoms with E-state index in [0.29, 0.717) is 22.3 Å². The van der Waals surface area contributed by atoms with Gasteiger partial charge in [0.1, 0.15) is 0 Å². The summed E-state index contributed by atoms with van der Waals surface area (Å²) >= 11 is 0. The molecule has 3 aromatic carbocycles. The molecule has 2 N–H and O–H groups in total. The first-order chi connectivity index (χ1) is 15.6. The van der Waals surface area contributed by atoms with Gasteiger partial charge in [0.2, 0.25) is 0 Å². The molecule has 4 nitrogen and oxygen atoms in total. The van der Waals surface area contributed by atoms with Crippen LogP contribution >= 0.6 is 0 Å². The van der Waals surface area contributed by atoms with Gasteiger partial charge in [-0.1, -0.05) is 60.7 Å². The average molecular weight is 416 g/mol. The third kappa shape index (κ3) is 2.44. The van der Waals surface area contributed by atoms with Crippen LogP contribution in [0.1, 0.15) is 43.2 Å². The number of hydrogen-bond donors (Lipinski definition) is 2. The van der Waals surface area contributed by atoms with E-state index in [2.05, 4.69) is 9.97 Å². The van der Waals surface area contributed by atoms with Crippen molar-refractivity contribution in [1.29, 1.82) is 0 Å². The maximum absolute atomic E-state index is 14.0. The highest BCUT2D eigenvalue weighted by Crippen LogP contribution is 2.43. The summed E-state index contributed by atoms with van der Waals surface area (Å²) in [6.07, 6.45) is 0. The number of aromatic nitrogens is 2. The lowest BCUT2D eigenvalue weighted by atomic mass is 9.77. The molecule has 0 fully saturated rings. The van der Waals surface area contributed by atoms with Gasteiger partial charge < -0.3 is 9.97 Å². The molecular weight excluding hydrogens is 396 g/mol. The number of fused-ring (bicyclic) bond motifs is 3. The van der Waals surface area contributed by atoms with Gasteiger partial charge in [0.15, 0.2) is 11.6 Å². The molecular formula is C28H20N2O2. The Hall–Kier alpha value is -4.18. The van der Waals surface area contributed by atoms with Crippen molar-refractivity contribution >= 4 is 44.5 Å². The van der Waals surface area contributed by atoms with Crippen molar-refractivity contribution < 1.29 is 9.59 Å². The van der Waals surface area contributed by atoms with Crippen LogP contribution in [0.5, 0.6) is 0 Å². The molecule has 154 valence electrons. The highest BCUT2D eigenvalue weighted by molar-refractivity contribution is 6.53. The zero-order valence-electron chi connectivity index (χ0n) is 17.7. The smallest absolute Gasteiger partial charge is 0.195 e. The van der Waals surface area contributed by atoms with Gasteiger partial charge in [-0.05, 0) is 26.0 Å². The number of carbonyl (C=O) groups excluding carboxylic acids is 2. The average Bonchev–Trinajstić information content (AvgIpc) is 3.31. The standard InChI is InChI=1S/C28H20N2O2/c1-15-23(19-11-5-7-13-21(19)29-15)25-26(24-16(2)30-22-14-8-6-12-20(22)24)28(32)18-10-4-3-9-17(18)27(25)31/h3-14,29-30H,1-2H3. The molecule has 0 amide bonds. The van der Waals surface area contributed by atoms with Gasteiger partial charge in [-0.3, -0.25) is 9.59 Å². The molecule has 1 aliphatic rings. The first-order valence-corrected chi connectivity index (χ1v) is 10.6. The number of rotatable bonds is 2. The number of allylic oxidation sites excluding steroid dienone is 2. The van der Waals surface area contributed by atoms with Crippen molar-refractivity contribution in [2.45, 2.75) is 13.8 Å². The quantitative estimate of drug-likeness (QED) is 0.357. The van der Waals surface area contributed by atoms with Gasteiger partial charge in [-0.2, -0.15) is 0 Å². The van der Waals surface area contributed by atoms with Crippen LogP contribution in [0.15, 0.2) is 72.8 Å². The first kappa shape index (κ1) is 18.6. The largest absolute Gasteiger partial charge is 0.358 e. The van der Waals surface area contributed by atoms with Gasteiger partial charge in [0, 0.05) is 66.6 Å². The topological polar surface area (TPSA) is 65.7 Å². The number of nitrogens with one attached hydrogen (secondary N) is 2. The van der Waals surface area contributed by atoms with Gasteiger partial charge in [0.05, 0.1) is 0 Å². The molecule has 0 atom stereocenters. The van der Waals surface area contributed by atoms with Crippen LogP contribution < -0.4 is 0 Å². The van der Waals surface area contributed by atoms with Crippen molar-refractivity contribution in [3.63, 3.8) is 0 Å². The second kappa shape index (κ2) is 6.66. The zero-order valence-corrected chi connectivity index (χ0v) is 17.7. The molecule has 2 heterocycles. The van der Waals surface area contributed by atoms with E-state index in [1.54, 1.807) is 12.1 Å². The van der Waals surface area contributed by atoms with Crippen molar-refractivity contribution in [3.05, 3.63) is 106 Å². The van der Waals surface area contributed by atoms with E-state index in [1.807, 2.05) is 74.5 Å². The van der Waals surface area contributed by atoms with Crippen molar-refractivity contribution in [3.8, 4) is 0 Å². The Morgan fingerprint density at radius 3 is 1.34 bits per heavy atom. The fourth-order valence-corrected chi connectivity index (χ4v) is 5.05. The Bertz CT molecular complexity index is 1510. The van der Waals surface area contributed by atoms with E-state index in [0.717, 1.165) is 44.3 Å². The maximum Gasteiger partial charge on any atom is 0.195 e. The van der Waals surface area contributed by atoms with Crippen LogP contribution in [0.25, 0.3) is 33.0 Å². The molecule has 0 radical (unpaired) electrons. The van der Waals surface area contributed by atoms with Crippen LogP contribution in [0.2, 0.25) is 0 Å². The summed E-state index contributed by atoms with van der Waals surface area (Å²) in [5.74, 6) is -0.236. The highest BCUT2D eigenvalue weighted by Gasteiger charge is 2.36. The van der Waals surface area contributed by atoms with E-state index >= 15 is 0 Å². The third-order valence-electron chi connectivity index (χ3n) is 6.41. The molecule has 1 aliphatic carbocycles. The summed E-state index contributed by atoms with van der Waals surface area (Å²) in [6.45, 7) is 3.92. The summed E-state index contributed by atoms with van der Waals surface area (Å²) < 4.78 is 0. The Balaban J connectivity index is 1.80. The fourth-order valence-electron chi connectivity index (χ4n) is 5.05. The van der Waals surface area contributed by atoms with E-state index in [-0.39, 0.29) is 11.6 Å². The molecule has 6 rings (SSSR count). The van der Waals surface area contributed by atoms with E-state index in [9.17, 15) is 9.59 Å². The molecule has 2 aromatic heterocycles. The summed E-state index contributed by atoms with van der Waals surface area (Å²) in [7, 11) is 0. The second-order valence-electron chi connectivity index (χ2n) is 8.29. The summed E-state index contributed by atoms with van der Waals surface area (Å²) in [5.41, 5.74) is 7.09. The molecule has 0 spiro atoms. The Labute approximate surface area is 184 Å². The molecule has 32 heavy (non-hydrogen) atoms. The molecule has 0 aliphatic heterocycles. The molecule has 0 unspecified atom stereocenters. The molecule has 0 bridgehead atoms. The lowest BCUT2D eigenvalue weighted by Gasteiger charge is -2.22. The second-order valence-corrected chi connectivity index (χ2v) is 8.29. The SMILES string of the molecule is Cc1[nH]c2ccccc2c1C1=C(c2c(C)[nH]c3ccccc23)C(=O)c2ccccc2C1=O. The summed E-state index contributed by atoms with van der Waals surface area (Å²) in [5, 5.41) is 1.88. The van der Waals surface area contributed by atoms with Gasteiger partial charge in [-0.25, -0.2) is 0 Å². The monoisotopic (exact) mass is 416 g/mol. The predicted molar refractivity (Wildman–Crippen MR) is 128 cm³/mol. The van der Waals surface area contributed by atoms with E-state index < -0.39 is 0 Å². The first-order valence-electron chi connectivity index (χ1n) is 10.6. The minimum absolute atomic E-state index is 0.118.